The van der Waals surface area contributed by atoms with E-state index in [4.69, 9.17) is 5.11 Å². The van der Waals surface area contributed by atoms with Crippen molar-refractivity contribution in [1.29, 1.82) is 0 Å². The van der Waals surface area contributed by atoms with E-state index in [2.05, 4.69) is 25.6 Å². The average molecular weight is 379 g/mol. The zero-order chi connectivity index (χ0) is 16.0. The molecule has 8 heteroatoms. The Morgan fingerprint density at radius 1 is 1.43 bits per heavy atom. The van der Waals surface area contributed by atoms with Gasteiger partial charge < -0.3 is 5.11 Å². The lowest BCUT2D eigenvalue weighted by molar-refractivity contribution is -0.138. The molecule has 0 bridgehead atoms. The van der Waals surface area contributed by atoms with E-state index in [0.29, 0.717) is 16.8 Å². The predicted molar refractivity (Wildman–Crippen MR) is 82.3 cm³/mol. The minimum Gasteiger partial charge on any atom is -0.481 e. The third-order valence-corrected chi connectivity index (χ3v) is 4.64. The highest BCUT2D eigenvalue weighted by molar-refractivity contribution is 9.10. The number of halogens is 1. The highest BCUT2D eigenvalue weighted by Crippen LogP contribution is 2.17. The Morgan fingerprint density at radius 2 is 2.10 bits per heavy atom. The smallest absolute Gasteiger partial charge is 0.303 e. The molecular weight excluding hydrogens is 360 g/mol. The van der Waals surface area contributed by atoms with Crippen molar-refractivity contribution in [2.45, 2.75) is 31.6 Å². The summed E-state index contributed by atoms with van der Waals surface area (Å²) < 4.78 is 27.3. The van der Waals surface area contributed by atoms with E-state index in [1.807, 2.05) is 13.8 Å². The standard InChI is InChI=1S/C13H19BrN2O4S/c1-9(2)3-10(4-13(17)18)6-16-21(19,20)12-5-11(14)7-15-8-12/h5,7-10,16H,3-4,6H2,1-2H3,(H,17,18). The second-order valence-corrected chi connectivity index (χ2v) is 7.97. The summed E-state index contributed by atoms with van der Waals surface area (Å²) in [5.41, 5.74) is 0. The molecule has 0 saturated carbocycles. The number of rotatable bonds is 8. The Morgan fingerprint density at radius 3 is 2.62 bits per heavy atom. The van der Waals surface area contributed by atoms with Crippen molar-refractivity contribution in [2.24, 2.45) is 11.8 Å². The van der Waals surface area contributed by atoms with Crippen LogP contribution in [0.1, 0.15) is 26.7 Å². The van der Waals surface area contributed by atoms with Gasteiger partial charge in [0.1, 0.15) is 4.90 Å². The van der Waals surface area contributed by atoms with E-state index in [-0.39, 0.29) is 23.8 Å². The molecule has 2 N–H and O–H groups in total. The molecule has 0 aromatic carbocycles. The van der Waals surface area contributed by atoms with Crippen LogP contribution in [0.2, 0.25) is 0 Å². The fraction of sp³-hybridized carbons (Fsp3) is 0.538. The highest BCUT2D eigenvalue weighted by atomic mass is 79.9. The summed E-state index contributed by atoms with van der Waals surface area (Å²) in [4.78, 5) is 14.7. The number of hydrogen-bond acceptors (Lipinski definition) is 4. The zero-order valence-electron chi connectivity index (χ0n) is 11.9. The molecule has 1 unspecified atom stereocenters. The van der Waals surface area contributed by atoms with E-state index in [9.17, 15) is 13.2 Å². The molecule has 118 valence electrons. The molecule has 0 aliphatic carbocycles. The topological polar surface area (TPSA) is 96.4 Å². The molecule has 0 fully saturated rings. The van der Waals surface area contributed by atoms with Crippen LogP contribution in [0, 0.1) is 11.8 Å². The van der Waals surface area contributed by atoms with Crippen molar-refractivity contribution in [3.63, 3.8) is 0 Å². The van der Waals surface area contributed by atoms with Crippen LogP contribution in [0.5, 0.6) is 0 Å². The summed E-state index contributed by atoms with van der Waals surface area (Å²) in [6.07, 6.45) is 3.33. The number of aliphatic carboxylic acids is 1. The van der Waals surface area contributed by atoms with E-state index < -0.39 is 16.0 Å². The fourth-order valence-corrected chi connectivity index (χ4v) is 3.62. The average Bonchev–Trinajstić information content (AvgIpc) is 2.35. The van der Waals surface area contributed by atoms with Crippen molar-refractivity contribution >= 4 is 31.9 Å². The van der Waals surface area contributed by atoms with Gasteiger partial charge in [0.15, 0.2) is 0 Å². The number of nitrogens with zero attached hydrogens (tertiary/aromatic N) is 1. The number of sulfonamides is 1. The van der Waals surface area contributed by atoms with Gasteiger partial charge in [0.25, 0.3) is 0 Å². The van der Waals surface area contributed by atoms with Gasteiger partial charge in [-0.25, -0.2) is 13.1 Å². The Bertz CT molecular complexity index is 590. The molecule has 0 aliphatic rings. The van der Waals surface area contributed by atoms with Gasteiger partial charge in [-0.2, -0.15) is 0 Å². The molecule has 21 heavy (non-hydrogen) atoms. The summed E-state index contributed by atoms with van der Waals surface area (Å²) in [5, 5.41) is 8.89. The van der Waals surface area contributed by atoms with Crippen LogP contribution in [0.3, 0.4) is 0 Å². The van der Waals surface area contributed by atoms with Crippen LogP contribution in [-0.2, 0) is 14.8 Å². The minimum absolute atomic E-state index is 0.0514. The minimum atomic E-state index is -3.68. The van der Waals surface area contributed by atoms with Gasteiger partial charge in [-0.15, -0.1) is 0 Å². The first-order valence-corrected chi connectivity index (χ1v) is 8.80. The molecule has 0 amide bonds. The maximum atomic E-state index is 12.1. The normalized spacial score (nSPS) is 13.3. The van der Waals surface area contributed by atoms with E-state index in [0.717, 1.165) is 0 Å². The number of pyridine rings is 1. The molecule has 0 saturated heterocycles. The number of carboxylic acids is 1. The van der Waals surface area contributed by atoms with Crippen molar-refractivity contribution < 1.29 is 18.3 Å². The second-order valence-electron chi connectivity index (χ2n) is 5.28. The monoisotopic (exact) mass is 378 g/mol. The van der Waals surface area contributed by atoms with Crippen LogP contribution in [0.4, 0.5) is 0 Å². The lowest BCUT2D eigenvalue weighted by Crippen LogP contribution is -2.31. The van der Waals surface area contributed by atoms with Gasteiger partial charge in [0.2, 0.25) is 10.0 Å². The first-order chi connectivity index (χ1) is 9.70. The van der Waals surface area contributed by atoms with Gasteiger partial charge in [0.05, 0.1) is 0 Å². The van der Waals surface area contributed by atoms with Crippen LogP contribution in [0.15, 0.2) is 27.8 Å². The molecule has 6 nitrogen and oxygen atoms in total. The number of hydrogen-bond donors (Lipinski definition) is 2. The van der Waals surface area contributed by atoms with Crippen LogP contribution in [-0.4, -0.2) is 31.0 Å². The quantitative estimate of drug-likeness (QED) is 0.722. The Hall–Kier alpha value is -0.990. The number of nitrogens with one attached hydrogen (secondary N) is 1. The van der Waals surface area contributed by atoms with Crippen LogP contribution >= 0.6 is 15.9 Å². The van der Waals surface area contributed by atoms with Gasteiger partial charge in [-0.1, -0.05) is 13.8 Å². The summed E-state index contributed by atoms with van der Waals surface area (Å²) in [6, 6.07) is 1.45. The van der Waals surface area contributed by atoms with E-state index in [1.165, 1.54) is 18.5 Å². The summed E-state index contributed by atoms with van der Waals surface area (Å²) in [7, 11) is -3.68. The molecular formula is C13H19BrN2O4S. The van der Waals surface area contributed by atoms with E-state index in [1.54, 1.807) is 0 Å². The van der Waals surface area contributed by atoms with Gasteiger partial charge in [-0.05, 0) is 40.3 Å². The zero-order valence-corrected chi connectivity index (χ0v) is 14.3. The molecule has 1 rings (SSSR count). The van der Waals surface area contributed by atoms with Crippen LogP contribution in [0.25, 0.3) is 0 Å². The Labute approximate surface area is 133 Å². The van der Waals surface area contributed by atoms with Gasteiger partial charge in [-0.3, -0.25) is 9.78 Å². The maximum absolute atomic E-state index is 12.1. The third kappa shape index (κ3) is 6.54. The number of carboxylic acid groups (broad SMARTS) is 1. The first kappa shape index (κ1) is 18.1. The summed E-state index contributed by atoms with van der Waals surface area (Å²) >= 11 is 3.17. The van der Waals surface area contributed by atoms with Crippen molar-refractivity contribution in [1.82, 2.24) is 9.71 Å². The van der Waals surface area contributed by atoms with E-state index >= 15 is 0 Å². The number of aromatic nitrogens is 1. The first-order valence-electron chi connectivity index (χ1n) is 6.52. The van der Waals surface area contributed by atoms with Gasteiger partial charge >= 0.3 is 5.97 Å². The lowest BCUT2D eigenvalue weighted by atomic mass is 9.94. The lowest BCUT2D eigenvalue weighted by Gasteiger charge is -2.17. The Kier molecular flexibility index (Phi) is 6.76. The van der Waals surface area contributed by atoms with Crippen molar-refractivity contribution in [3.8, 4) is 0 Å². The Balaban J connectivity index is 2.75. The highest BCUT2D eigenvalue weighted by Gasteiger charge is 2.20. The van der Waals surface area contributed by atoms with Gasteiger partial charge in [0, 0.05) is 29.8 Å². The summed E-state index contributed by atoms with van der Waals surface area (Å²) in [6.45, 7) is 4.04. The molecule has 0 radical (unpaired) electrons. The number of carbonyl (C=O) groups is 1. The summed E-state index contributed by atoms with van der Waals surface area (Å²) in [5.74, 6) is -0.868. The largest absolute Gasteiger partial charge is 0.481 e. The third-order valence-electron chi connectivity index (χ3n) is 2.82. The fourth-order valence-electron chi connectivity index (χ4n) is 2.00. The molecule has 1 atom stereocenters. The molecule has 1 aromatic rings. The van der Waals surface area contributed by atoms with Crippen molar-refractivity contribution in [3.05, 3.63) is 22.9 Å². The second kappa shape index (κ2) is 7.86. The molecule has 1 aromatic heterocycles. The molecule has 0 aliphatic heterocycles. The van der Waals surface area contributed by atoms with Crippen molar-refractivity contribution in [2.75, 3.05) is 6.54 Å². The molecule has 1 heterocycles. The molecule has 0 spiro atoms. The van der Waals surface area contributed by atoms with Crippen LogP contribution < -0.4 is 4.72 Å². The predicted octanol–water partition coefficient (Wildman–Crippen LogP) is 2.26. The maximum Gasteiger partial charge on any atom is 0.303 e. The SMILES string of the molecule is CC(C)CC(CNS(=O)(=O)c1cncc(Br)c1)CC(=O)O.